The number of ether oxygens (including phenoxy) is 1. The van der Waals surface area contributed by atoms with Gasteiger partial charge in [-0.15, -0.1) is 0 Å². The maximum Gasteiger partial charge on any atom is 0.254 e. The second-order valence-corrected chi connectivity index (χ2v) is 10.4. The highest BCUT2D eigenvalue weighted by atomic mass is 16.5. The summed E-state index contributed by atoms with van der Waals surface area (Å²) < 4.78 is 12.5. The van der Waals surface area contributed by atoms with Crippen molar-refractivity contribution in [2.24, 2.45) is 11.1 Å². The van der Waals surface area contributed by atoms with Crippen molar-refractivity contribution in [3.8, 4) is 11.3 Å². The Morgan fingerprint density at radius 3 is 2.54 bits per heavy atom. The molecule has 9 nitrogen and oxygen atoms in total. The van der Waals surface area contributed by atoms with E-state index < -0.39 is 5.91 Å². The number of hydrogen-bond donors (Lipinski definition) is 2. The van der Waals surface area contributed by atoms with Gasteiger partial charge in [0.25, 0.3) is 5.91 Å². The third kappa shape index (κ3) is 5.97. The van der Waals surface area contributed by atoms with Gasteiger partial charge in [0.05, 0.1) is 24.8 Å². The number of nitrogens with two attached hydrogens (primary N) is 2. The predicted molar refractivity (Wildman–Crippen MR) is 132 cm³/mol. The fourth-order valence-electron chi connectivity index (χ4n) is 4.42. The summed E-state index contributed by atoms with van der Waals surface area (Å²) in [4.78, 5) is 24.8. The van der Waals surface area contributed by atoms with E-state index >= 15 is 0 Å². The number of rotatable bonds is 8. The number of nitrogen functional groups attached to an aromatic ring is 1. The van der Waals surface area contributed by atoms with Crippen LogP contribution in [0.2, 0.25) is 0 Å². The lowest BCUT2D eigenvalue weighted by Gasteiger charge is -2.23. The zero-order valence-electron chi connectivity index (χ0n) is 20.5. The average Bonchev–Trinajstić information content (AvgIpc) is 3.37. The molecule has 0 saturated carbocycles. The summed E-state index contributed by atoms with van der Waals surface area (Å²) in [5.41, 5.74) is 15.0. The Morgan fingerprint density at radius 1 is 1.17 bits per heavy atom. The number of amides is 1. The van der Waals surface area contributed by atoms with E-state index in [1.165, 1.54) is 0 Å². The van der Waals surface area contributed by atoms with Gasteiger partial charge in [0.2, 0.25) is 0 Å². The van der Waals surface area contributed by atoms with Gasteiger partial charge in [-0.25, -0.2) is 4.68 Å². The lowest BCUT2D eigenvalue weighted by Crippen LogP contribution is -2.24. The van der Waals surface area contributed by atoms with Gasteiger partial charge in [0.15, 0.2) is 0 Å². The number of carbonyl (C=O) groups excluding carboxylic acids is 2. The van der Waals surface area contributed by atoms with Crippen LogP contribution in [0.4, 0.5) is 5.82 Å². The molecule has 1 amide bonds. The number of anilines is 1. The van der Waals surface area contributed by atoms with Crippen LogP contribution >= 0.6 is 0 Å². The lowest BCUT2D eigenvalue weighted by molar-refractivity contribution is -0.118. The first-order valence-electron chi connectivity index (χ1n) is 11.9. The number of nitrogens with zero attached hydrogens (tertiary/aromatic N) is 3. The van der Waals surface area contributed by atoms with E-state index in [0.717, 1.165) is 30.5 Å². The number of hydrogen-bond acceptors (Lipinski definition) is 7. The Morgan fingerprint density at radius 2 is 1.91 bits per heavy atom. The Bertz CT molecular complexity index is 1200. The standard InChI is InChI=1S/C26H33N5O4/c1-26(2,3)14-18-12-21(35-30-18)13-20(32)11-16-6-8-17(9-7-16)23-22(25(28)33)24(27)31(29-23)19-5-4-10-34-15-19/h6-9,12,19H,4-5,10-11,13-15,27H2,1-3H3,(H2,28,33). The SMILES string of the molecule is CC(C)(C)Cc1cc(CC(=O)Cc2ccc(-c3nn(C4CCCOC4)c(N)c3C(N)=O)cc2)on1. The van der Waals surface area contributed by atoms with Crippen LogP contribution in [-0.4, -0.2) is 39.8 Å². The summed E-state index contributed by atoms with van der Waals surface area (Å²) in [5, 5.41) is 8.70. The molecule has 1 atom stereocenters. The molecule has 9 heteroatoms. The van der Waals surface area contributed by atoms with Gasteiger partial charge in [-0.1, -0.05) is 50.2 Å². The van der Waals surface area contributed by atoms with Crippen LogP contribution in [0.25, 0.3) is 11.3 Å². The third-order valence-electron chi connectivity index (χ3n) is 6.00. The van der Waals surface area contributed by atoms with Crippen molar-refractivity contribution in [2.75, 3.05) is 18.9 Å². The molecule has 0 aliphatic carbocycles. The highest BCUT2D eigenvalue weighted by Crippen LogP contribution is 2.31. The fourth-order valence-corrected chi connectivity index (χ4v) is 4.42. The molecule has 4 N–H and O–H groups in total. The topological polar surface area (TPSA) is 139 Å². The van der Waals surface area contributed by atoms with E-state index in [4.69, 9.17) is 20.7 Å². The van der Waals surface area contributed by atoms with Crippen molar-refractivity contribution in [3.05, 3.63) is 52.9 Å². The zero-order valence-corrected chi connectivity index (χ0v) is 20.5. The molecule has 2 aromatic heterocycles. The van der Waals surface area contributed by atoms with Crippen molar-refractivity contribution in [1.29, 1.82) is 0 Å². The third-order valence-corrected chi connectivity index (χ3v) is 6.00. The normalized spacial score (nSPS) is 16.4. The van der Waals surface area contributed by atoms with E-state index in [2.05, 4.69) is 31.0 Å². The molecular formula is C26H33N5O4. The number of ketones is 1. The summed E-state index contributed by atoms with van der Waals surface area (Å²) in [7, 11) is 0. The summed E-state index contributed by atoms with van der Waals surface area (Å²) in [6.45, 7) is 7.60. The number of primary amides is 1. The predicted octanol–water partition coefficient (Wildman–Crippen LogP) is 3.51. The van der Waals surface area contributed by atoms with Crippen LogP contribution in [0.1, 0.15) is 67.0 Å². The molecule has 3 heterocycles. The molecule has 1 aliphatic heterocycles. The van der Waals surface area contributed by atoms with Gasteiger partial charge in [-0.3, -0.25) is 9.59 Å². The van der Waals surface area contributed by atoms with Crippen LogP contribution < -0.4 is 11.5 Å². The summed E-state index contributed by atoms with van der Waals surface area (Å²) in [6, 6.07) is 9.18. The molecule has 186 valence electrons. The Balaban J connectivity index is 1.46. The van der Waals surface area contributed by atoms with Crippen LogP contribution in [0.5, 0.6) is 0 Å². The molecule has 1 unspecified atom stereocenters. The maximum atomic E-state index is 12.6. The highest BCUT2D eigenvalue weighted by molar-refractivity contribution is 6.03. The molecular weight excluding hydrogens is 446 g/mol. The van der Waals surface area contributed by atoms with Gasteiger partial charge < -0.3 is 20.7 Å². The minimum absolute atomic E-state index is 0.0276. The maximum absolute atomic E-state index is 12.6. The van der Waals surface area contributed by atoms with Gasteiger partial charge >= 0.3 is 0 Å². The van der Waals surface area contributed by atoms with Crippen LogP contribution in [0.15, 0.2) is 34.9 Å². The minimum Gasteiger partial charge on any atom is -0.383 e. The van der Waals surface area contributed by atoms with Crippen LogP contribution in [0, 0.1) is 5.41 Å². The monoisotopic (exact) mass is 479 g/mol. The Labute approximate surface area is 204 Å². The van der Waals surface area contributed by atoms with Crippen molar-refractivity contribution in [2.45, 2.75) is 58.9 Å². The second-order valence-electron chi connectivity index (χ2n) is 10.4. The number of Topliss-reactive ketones (excluding diaryl/α,β-unsaturated/α-hetero) is 1. The quantitative estimate of drug-likeness (QED) is 0.504. The van der Waals surface area contributed by atoms with Crippen molar-refractivity contribution in [1.82, 2.24) is 14.9 Å². The van der Waals surface area contributed by atoms with E-state index in [1.807, 2.05) is 30.3 Å². The number of carbonyl (C=O) groups is 2. The van der Waals surface area contributed by atoms with E-state index in [-0.39, 0.29) is 41.5 Å². The Hall–Kier alpha value is -3.46. The molecule has 1 fully saturated rings. The van der Waals surface area contributed by atoms with Crippen molar-refractivity contribution in [3.63, 3.8) is 0 Å². The summed E-state index contributed by atoms with van der Waals surface area (Å²) in [5.74, 6) is 0.224. The molecule has 1 aliphatic rings. The smallest absolute Gasteiger partial charge is 0.254 e. The van der Waals surface area contributed by atoms with E-state index in [1.54, 1.807) is 4.68 Å². The summed E-state index contributed by atoms with van der Waals surface area (Å²) in [6.07, 6.45) is 3.00. The number of aromatic nitrogens is 3. The van der Waals surface area contributed by atoms with E-state index in [9.17, 15) is 9.59 Å². The van der Waals surface area contributed by atoms with Gasteiger partial charge in [-0.2, -0.15) is 5.10 Å². The van der Waals surface area contributed by atoms with Gasteiger partial charge in [0.1, 0.15) is 28.6 Å². The first-order chi connectivity index (χ1) is 16.6. The highest BCUT2D eigenvalue weighted by Gasteiger charge is 2.26. The van der Waals surface area contributed by atoms with Crippen LogP contribution in [0.3, 0.4) is 0 Å². The largest absolute Gasteiger partial charge is 0.383 e. The molecule has 4 rings (SSSR count). The van der Waals surface area contributed by atoms with Crippen molar-refractivity contribution < 1.29 is 18.8 Å². The number of benzene rings is 1. The van der Waals surface area contributed by atoms with Gasteiger partial charge in [0, 0.05) is 24.7 Å². The van der Waals surface area contributed by atoms with E-state index in [0.29, 0.717) is 30.2 Å². The van der Waals surface area contributed by atoms with Gasteiger partial charge in [-0.05, 0) is 30.2 Å². The zero-order chi connectivity index (χ0) is 25.2. The lowest BCUT2D eigenvalue weighted by atomic mass is 9.90. The molecule has 0 spiro atoms. The molecule has 1 saturated heterocycles. The van der Waals surface area contributed by atoms with Crippen molar-refractivity contribution >= 4 is 17.5 Å². The summed E-state index contributed by atoms with van der Waals surface area (Å²) >= 11 is 0. The first-order valence-corrected chi connectivity index (χ1v) is 11.9. The van der Waals surface area contributed by atoms with Crippen LogP contribution in [-0.2, 0) is 28.8 Å². The second kappa shape index (κ2) is 10.0. The molecule has 35 heavy (non-hydrogen) atoms. The molecule has 0 radical (unpaired) electrons. The minimum atomic E-state index is -0.627. The average molecular weight is 480 g/mol. The first kappa shape index (κ1) is 24.7. The Kier molecular flexibility index (Phi) is 7.07. The fraction of sp³-hybridized carbons (Fsp3) is 0.462. The molecule has 3 aromatic rings. The molecule has 1 aromatic carbocycles. The molecule has 0 bridgehead atoms.